The van der Waals surface area contributed by atoms with E-state index in [4.69, 9.17) is 0 Å². The maximum Gasteiger partial charge on any atom is 0.264 e. The van der Waals surface area contributed by atoms with E-state index in [-0.39, 0.29) is 23.4 Å². The summed E-state index contributed by atoms with van der Waals surface area (Å²) in [4.78, 5) is 29.3. The van der Waals surface area contributed by atoms with Crippen LogP contribution in [0.25, 0.3) is 0 Å². The van der Waals surface area contributed by atoms with Crippen LogP contribution in [0.5, 0.6) is 0 Å². The van der Waals surface area contributed by atoms with E-state index in [1.54, 1.807) is 42.5 Å². The molecule has 0 aliphatic heterocycles. The first-order valence-electron chi connectivity index (χ1n) is 13.7. The molecule has 3 aromatic rings. The summed E-state index contributed by atoms with van der Waals surface area (Å²) >= 11 is 3.40. The van der Waals surface area contributed by atoms with Crippen LogP contribution in [0.15, 0.2) is 88.2 Å². The van der Waals surface area contributed by atoms with Crippen LogP contribution in [0.3, 0.4) is 0 Å². The molecular weight excluding hydrogens is 590 g/mol. The van der Waals surface area contributed by atoms with Gasteiger partial charge in [-0.05, 0) is 68.1 Å². The predicted octanol–water partition coefficient (Wildman–Crippen LogP) is 5.82. The Bertz CT molecular complexity index is 1410. The number of nitrogens with zero attached hydrogens (tertiary/aromatic N) is 2. The van der Waals surface area contributed by atoms with Crippen LogP contribution in [-0.4, -0.2) is 43.8 Å². The number of halogens is 1. The Hall–Kier alpha value is -3.17. The number of carbonyl (C=O) groups is 2. The molecule has 1 aliphatic rings. The number of hydrogen-bond donors (Lipinski definition) is 1. The summed E-state index contributed by atoms with van der Waals surface area (Å²) in [5.41, 5.74) is 2.28. The van der Waals surface area contributed by atoms with Gasteiger partial charge < -0.3 is 10.2 Å². The van der Waals surface area contributed by atoms with Crippen LogP contribution < -0.4 is 9.62 Å². The van der Waals surface area contributed by atoms with Gasteiger partial charge in [-0.2, -0.15) is 0 Å². The predicted molar refractivity (Wildman–Crippen MR) is 161 cm³/mol. The Labute approximate surface area is 245 Å². The number of benzene rings is 3. The molecular formula is C31H36BrN3O4S. The highest BCUT2D eigenvalue weighted by atomic mass is 79.9. The second kappa shape index (κ2) is 13.5. The lowest BCUT2D eigenvalue weighted by Gasteiger charge is -2.34. The van der Waals surface area contributed by atoms with Crippen LogP contribution in [0.1, 0.15) is 50.2 Å². The molecule has 1 atom stereocenters. The lowest BCUT2D eigenvalue weighted by molar-refractivity contribution is -0.140. The number of amides is 2. The van der Waals surface area contributed by atoms with Gasteiger partial charge >= 0.3 is 0 Å². The Morgan fingerprint density at radius 1 is 0.975 bits per heavy atom. The van der Waals surface area contributed by atoms with Crippen molar-refractivity contribution >= 4 is 43.5 Å². The molecule has 4 rings (SSSR count). The molecule has 40 heavy (non-hydrogen) atoms. The number of hydrogen-bond acceptors (Lipinski definition) is 4. The minimum atomic E-state index is -4.08. The SMILES string of the molecule is CC[C@@H](C(=O)NC1CCCC1)N(Cc1cccc(C)c1)C(=O)CN(c1ccc(Br)cc1)S(=O)(=O)c1ccccc1. The van der Waals surface area contributed by atoms with Gasteiger partial charge in [-0.1, -0.05) is 83.7 Å². The Kier molecular flexibility index (Phi) is 10.0. The first-order valence-corrected chi connectivity index (χ1v) is 15.9. The summed E-state index contributed by atoms with van der Waals surface area (Å²) in [5, 5.41) is 3.14. The zero-order chi connectivity index (χ0) is 28.7. The van der Waals surface area contributed by atoms with Crippen molar-refractivity contribution in [3.63, 3.8) is 0 Å². The van der Waals surface area contributed by atoms with Crippen molar-refractivity contribution in [3.8, 4) is 0 Å². The van der Waals surface area contributed by atoms with Crippen molar-refractivity contribution in [3.05, 3.63) is 94.5 Å². The van der Waals surface area contributed by atoms with Crippen molar-refractivity contribution in [1.82, 2.24) is 10.2 Å². The van der Waals surface area contributed by atoms with Crippen molar-refractivity contribution < 1.29 is 18.0 Å². The average molecular weight is 627 g/mol. The summed E-state index contributed by atoms with van der Waals surface area (Å²) in [6, 6.07) is 22.0. The summed E-state index contributed by atoms with van der Waals surface area (Å²) in [7, 11) is -4.08. The van der Waals surface area contributed by atoms with Crippen LogP contribution in [0.2, 0.25) is 0 Å². The van der Waals surface area contributed by atoms with E-state index in [1.165, 1.54) is 17.0 Å². The van der Waals surface area contributed by atoms with E-state index in [0.717, 1.165) is 45.6 Å². The number of rotatable bonds is 11. The molecule has 2 amide bonds. The fourth-order valence-electron chi connectivity index (χ4n) is 5.15. The normalized spacial score (nSPS) is 14.5. The molecule has 1 fully saturated rings. The third kappa shape index (κ3) is 7.31. The number of aryl methyl sites for hydroxylation is 1. The van der Waals surface area contributed by atoms with Gasteiger partial charge in [-0.3, -0.25) is 13.9 Å². The first-order chi connectivity index (χ1) is 19.2. The molecule has 0 radical (unpaired) electrons. The van der Waals surface area contributed by atoms with Crippen LogP contribution in [0, 0.1) is 6.92 Å². The fraction of sp³-hybridized carbons (Fsp3) is 0.355. The molecule has 0 saturated heterocycles. The van der Waals surface area contributed by atoms with Crippen molar-refractivity contribution in [2.45, 2.75) is 69.5 Å². The smallest absolute Gasteiger partial charge is 0.264 e. The van der Waals surface area contributed by atoms with E-state index in [9.17, 15) is 18.0 Å². The minimum Gasteiger partial charge on any atom is -0.352 e. The molecule has 1 aliphatic carbocycles. The monoisotopic (exact) mass is 625 g/mol. The minimum absolute atomic E-state index is 0.0852. The topological polar surface area (TPSA) is 86.8 Å². The van der Waals surface area contributed by atoms with E-state index in [1.807, 2.05) is 38.1 Å². The molecule has 0 aromatic heterocycles. The van der Waals surface area contributed by atoms with Gasteiger partial charge in [0.05, 0.1) is 10.6 Å². The van der Waals surface area contributed by atoms with Gasteiger partial charge in [0.2, 0.25) is 11.8 Å². The number of anilines is 1. The molecule has 1 saturated carbocycles. The first kappa shape index (κ1) is 29.8. The van der Waals surface area contributed by atoms with E-state index < -0.39 is 28.5 Å². The second-order valence-corrected chi connectivity index (χ2v) is 13.0. The van der Waals surface area contributed by atoms with Gasteiger partial charge in [-0.15, -0.1) is 0 Å². The third-order valence-electron chi connectivity index (χ3n) is 7.25. The number of sulfonamides is 1. The average Bonchev–Trinajstić information content (AvgIpc) is 3.45. The molecule has 0 heterocycles. The van der Waals surface area contributed by atoms with E-state index in [2.05, 4.69) is 21.2 Å². The van der Waals surface area contributed by atoms with Gasteiger partial charge in [0.25, 0.3) is 10.0 Å². The van der Waals surface area contributed by atoms with Gasteiger partial charge in [0, 0.05) is 17.1 Å². The third-order valence-corrected chi connectivity index (χ3v) is 9.56. The largest absolute Gasteiger partial charge is 0.352 e. The van der Waals surface area contributed by atoms with Crippen molar-refractivity contribution in [1.29, 1.82) is 0 Å². The number of nitrogens with one attached hydrogen (secondary N) is 1. The molecule has 7 nitrogen and oxygen atoms in total. The lowest BCUT2D eigenvalue weighted by atomic mass is 10.1. The molecule has 0 unspecified atom stereocenters. The maximum absolute atomic E-state index is 14.1. The highest BCUT2D eigenvalue weighted by Gasteiger charge is 2.34. The summed E-state index contributed by atoms with van der Waals surface area (Å²) in [6.45, 7) is 3.60. The van der Waals surface area contributed by atoms with Crippen molar-refractivity contribution in [2.24, 2.45) is 0 Å². The molecule has 3 aromatic carbocycles. The molecule has 9 heteroatoms. The van der Waals surface area contributed by atoms with E-state index in [0.29, 0.717) is 12.1 Å². The van der Waals surface area contributed by atoms with Gasteiger partial charge in [0.15, 0.2) is 0 Å². The Morgan fingerprint density at radius 2 is 1.65 bits per heavy atom. The van der Waals surface area contributed by atoms with Crippen LogP contribution in [0.4, 0.5) is 5.69 Å². The molecule has 1 N–H and O–H groups in total. The standard InChI is InChI=1S/C31H36BrN3O4S/c1-3-29(31(37)33-26-12-7-8-13-26)34(21-24-11-9-10-23(2)20-24)30(36)22-35(27-18-16-25(32)17-19-27)40(38,39)28-14-5-4-6-15-28/h4-6,9-11,14-20,26,29H,3,7-8,12-13,21-22H2,1-2H3,(H,33,37)/t29-/m0/s1. The summed E-state index contributed by atoms with van der Waals surface area (Å²) in [5.74, 6) is -0.645. The van der Waals surface area contributed by atoms with Crippen LogP contribution in [-0.2, 0) is 26.2 Å². The lowest BCUT2D eigenvalue weighted by Crippen LogP contribution is -2.53. The Balaban J connectivity index is 1.70. The highest BCUT2D eigenvalue weighted by Crippen LogP contribution is 2.26. The molecule has 212 valence electrons. The Morgan fingerprint density at radius 3 is 2.27 bits per heavy atom. The maximum atomic E-state index is 14.1. The number of carbonyl (C=O) groups excluding carboxylic acids is 2. The summed E-state index contributed by atoms with van der Waals surface area (Å²) < 4.78 is 29.6. The fourth-order valence-corrected chi connectivity index (χ4v) is 6.85. The highest BCUT2D eigenvalue weighted by molar-refractivity contribution is 9.10. The van der Waals surface area contributed by atoms with Gasteiger partial charge in [-0.25, -0.2) is 8.42 Å². The summed E-state index contributed by atoms with van der Waals surface area (Å²) in [6.07, 6.45) is 4.42. The molecule has 0 spiro atoms. The van der Waals surface area contributed by atoms with Crippen molar-refractivity contribution in [2.75, 3.05) is 10.8 Å². The zero-order valence-corrected chi connectivity index (χ0v) is 25.3. The zero-order valence-electron chi connectivity index (χ0n) is 22.9. The van der Waals surface area contributed by atoms with Crippen LogP contribution >= 0.6 is 15.9 Å². The molecule has 0 bridgehead atoms. The van der Waals surface area contributed by atoms with E-state index >= 15 is 0 Å². The quantitative estimate of drug-likeness (QED) is 0.291. The second-order valence-electron chi connectivity index (χ2n) is 10.2. The van der Waals surface area contributed by atoms with Gasteiger partial charge in [0.1, 0.15) is 12.6 Å².